The average molecular weight is 389 g/mol. The van der Waals surface area contributed by atoms with Gasteiger partial charge < -0.3 is 19.3 Å². The Morgan fingerprint density at radius 2 is 1.89 bits per heavy atom. The zero-order valence-corrected chi connectivity index (χ0v) is 15.5. The zero-order valence-electron chi connectivity index (χ0n) is 15.5. The maximum absolute atomic E-state index is 12.0. The first-order valence-corrected chi connectivity index (χ1v) is 7.97. The molecule has 0 fully saturated rings. The lowest BCUT2D eigenvalue weighted by Crippen LogP contribution is -2.19. The van der Waals surface area contributed by atoms with Crippen molar-refractivity contribution >= 4 is 17.8 Å². The third kappa shape index (κ3) is 4.87. The highest BCUT2D eigenvalue weighted by atomic mass is 16.6. The second-order valence-corrected chi connectivity index (χ2v) is 5.50. The van der Waals surface area contributed by atoms with Crippen molar-refractivity contribution in [3.05, 3.63) is 51.6 Å². The molecular formula is C18H19N3O7. The summed E-state index contributed by atoms with van der Waals surface area (Å²) in [6.45, 7) is 0. The molecule has 0 atom stereocenters. The number of benzene rings is 2. The van der Waals surface area contributed by atoms with Crippen molar-refractivity contribution in [3.8, 4) is 23.0 Å². The fraction of sp³-hybridized carbons (Fsp3) is 0.222. The number of nitro groups is 1. The predicted octanol–water partition coefficient (Wildman–Crippen LogP) is 2.02. The summed E-state index contributed by atoms with van der Waals surface area (Å²) in [5.41, 5.74) is 2.46. The fourth-order valence-corrected chi connectivity index (χ4v) is 2.36. The Balaban J connectivity index is 2.10. The molecule has 2 aromatic carbocycles. The van der Waals surface area contributed by atoms with Crippen molar-refractivity contribution < 1.29 is 29.0 Å². The van der Waals surface area contributed by atoms with Crippen LogP contribution in [0.4, 0.5) is 5.69 Å². The summed E-state index contributed by atoms with van der Waals surface area (Å²) < 4.78 is 15.3. The second-order valence-electron chi connectivity index (χ2n) is 5.50. The third-order valence-corrected chi connectivity index (χ3v) is 3.73. The molecule has 0 saturated heterocycles. The minimum absolute atomic E-state index is 0.0158. The molecule has 2 N–H and O–H groups in total. The van der Waals surface area contributed by atoms with Crippen LogP contribution in [0, 0.1) is 10.1 Å². The van der Waals surface area contributed by atoms with Crippen LogP contribution < -0.4 is 19.6 Å². The molecule has 0 aliphatic rings. The van der Waals surface area contributed by atoms with Crippen LogP contribution in [0.15, 0.2) is 35.4 Å². The Kier molecular flexibility index (Phi) is 6.74. The lowest BCUT2D eigenvalue weighted by atomic mass is 10.1. The molecule has 0 aliphatic carbocycles. The number of aromatic hydroxyl groups is 1. The van der Waals surface area contributed by atoms with Crippen LogP contribution in [0.2, 0.25) is 0 Å². The summed E-state index contributed by atoms with van der Waals surface area (Å²) in [6.07, 6.45) is 1.11. The van der Waals surface area contributed by atoms with Crippen molar-refractivity contribution in [2.45, 2.75) is 6.42 Å². The lowest BCUT2D eigenvalue weighted by molar-refractivity contribution is -0.385. The van der Waals surface area contributed by atoms with Gasteiger partial charge in [-0.15, -0.1) is 0 Å². The number of hydrogen-bond donors (Lipinski definition) is 2. The molecule has 0 bridgehead atoms. The predicted molar refractivity (Wildman–Crippen MR) is 100 cm³/mol. The van der Waals surface area contributed by atoms with E-state index in [0.29, 0.717) is 17.1 Å². The molecule has 0 spiro atoms. The SMILES string of the molecule is COc1cc(/C=N/NC(=O)Cc2ccc(OC)c(OC)c2)c(O)c([N+](=O)[O-])c1. The summed E-state index contributed by atoms with van der Waals surface area (Å²) in [5, 5.41) is 24.7. The summed E-state index contributed by atoms with van der Waals surface area (Å²) in [5.74, 6) is 0.191. The molecule has 0 saturated carbocycles. The highest BCUT2D eigenvalue weighted by molar-refractivity contribution is 5.88. The summed E-state index contributed by atoms with van der Waals surface area (Å²) >= 11 is 0. The number of amides is 1. The van der Waals surface area contributed by atoms with Crippen LogP contribution in [-0.2, 0) is 11.2 Å². The molecule has 0 aliphatic heterocycles. The molecule has 2 aromatic rings. The average Bonchev–Trinajstić information content (AvgIpc) is 2.68. The molecular weight excluding hydrogens is 370 g/mol. The normalized spacial score (nSPS) is 10.5. The Labute approximate surface area is 160 Å². The molecule has 10 heteroatoms. The Hall–Kier alpha value is -3.82. The summed E-state index contributed by atoms with van der Waals surface area (Å²) in [7, 11) is 4.34. The number of methoxy groups -OCH3 is 3. The van der Waals surface area contributed by atoms with E-state index in [1.807, 2.05) is 0 Å². The van der Waals surface area contributed by atoms with E-state index < -0.39 is 22.3 Å². The van der Waals surface area contributed by atoms with E-state index in [4.69, 9.17) is 14.2 Å². The molecule has 148 valence electrons. The monoisotopic (exact) mass is 389 g/mol. The van der Waals surface area contributed by atoms with Crippen molar-refractivity contribution in [2.75, 3.05) is 21.3 Å². The number of nitrogens with one attached hydrogen (secondary N) is 1. The van der Waals surface area contributed by atoms with Gasteiger partial charge in [0.05, 0.1) is 45.0 Å². The van der Waals surface area contributed by atoms with E-state index in [0.717, 1.165) is 12.3 Å². The molecule has 10 nitrogen and oxygen atoms in total. The van der Waals surface area contributed by atoms with E-state index in [1.165, 1.54) is 27.4 Å². The number of phenolic OH excluding ortho intramolecular Hbond substituents is 1. The van der Waals surface area contributed by atoms with Crippen LogP contribution in [-0.4, -0.2) is 43.5 Å². The van der Waals surface area contributed by atoms with E-state index in [-0.39, 0.29) is 17.7 Å². The Bertz CT molecular complexity index is 912. The van der Waals surface area contributed by atoms with Gasteiger partial charge >= 0.3 is 5.69 Å². The van der Waals surface area contributed by atoms with Crippen molar-refractivity contribution in [3.63, 3.8) is 0 Å². The van der Waals surface area contributed by atoms with Gasteiger partial charge in [0.1, 0.15) is 5.75 Å². The number of ether oxygens (including phenoxy) is 3. The van der Waals surface area contributed by atoms with Crippen LogP contribution in [0.5, 0.6) is 23.0 Å². The first-order valence-electron chi connectivity index (χ1n) is 7.97. The van der Waals surface area contributed by atoms with Crippen LogP contribution in [0.3, 0.4) is 0 Å². The summed E-state index contributed by atoms with van der Waals surface area (Å²) in [6, 6.07) is 7.49. The molecule has 28 heavy (non-hydrogen) atoms. The van der Waals surface area contributed by atoms with Gasteiger partial charge in [-0.05, 0) is 23.8 Å². The number of phenols is 1. The maximum atomic E-state index is 12.0. The van der Waals surface area contributed by atoms with Gasteiger partial charge in [0.15, 0.2) is 11.5 Å². The van der Waals surface area contributed by atoms with E-state index in [1.54, 1.807) is 18.2 Å². The molecule has 2 rings (SSSR count). The highest BCUT2D eigenvalue weighted by Gasteiger charge is 2.18. The van der Waals surface area contributed by atoms with Gasteiger partial charge in [0.25, 0.3) is 0 Å². The van der Waals surface area contributed by atoms with Gasteiger partial charge in [-0.25, -0.2) is 5.43 Å². The van der Waals surface area contributed by atoms with Gasteiger partial charge in [-0.3, -0.25) is 14.9 Å². The molecule has 0 heterocycles. The number of carbonyl (C=O) groups excluding carboxylic acids is 1. The zero-order chi connectivity index (χ0) is 20.7. The maximum Gasteiger partial charge on any atom is 0.315 e. The van der Waals surface area contributed by atoms with E-state index >= 15 is 0 Å². The number of hydrazone groups is 1. The van der Waals surface area contributed by atoms with Crippen LogP contribution in [0.1, 0.15) is 11.1 Å². The fourth-order valence-electron chi connectivity index (χ4n) is 2.36. The van der Waals surface area contributed by atoms with E-state index in [2.05, 4.69) is 10.5 Å². The van der Waals surface area contributed by atoms with Gasteiger partial charge in [0.2, 0.25) is 11.7 Å². The standard InChI is InChI=1S/C18H19N3O7/c1-26-13-8-12(18(23)14(9-13)21(24)25)10-19-20-17(22)7-11-4-5-15(27-2)16(6-11)28-3/h4-6,8-10,23H,7H2,1-3H3,(H,20,22)/b19-10+. The van der Waals surface area contributed by atoms with Crippen molar-refractivity contribution in [2.24, 2.45) is 5.10 Å². The quantitative estimate of drug-likeness (QED) is 0.401. The summed E-state index contributed by atoms with van der Waals surface area (Å²) in [4.78, 5) is 22.3. The van der Waals surface area contributed by atoms with E-state index in [9.17, 15) is 20.0 Å². The molecule has 0 aromatic heterocycles. The van der Waals surface area contributed by atoms with Gasteiger partial charge in [0, 0.05) is 5.56 Å². The molecule has 0 radical (unpaired) electrons. The largest absolute Gasteiger partial charge is 0.502 e. The minimum atomic E-state index is -0.745. The number of hydrogen-bond acceptors (Lipinski definition) is 8. The Morgan fingerprint density at radius 1 is 1.18 bits per heavy atom. The first-order chi connectivity index (χ1) is 13.4. The van der Waals surface area contributed by atoms with Crippen molar-refractivity contribution in [1.29, 1.82) is 0 Å². The lowest BCUT2D eigenvalue weighted by Gasteiger charge is -2.09. The number of nitrogens with zero attached hydrogens (tertiary/aromatic N) is 2. The third-order valence-electron chi connectivity index (χ3n) is 3.73. The first kappa shape index (κ1) is 20.5. The highest BCUT2D eigenvalue weighted by Crippen LogP contribution is 2.33. The number of carbonyl (C=O) groups is 1. The topological polar surface area (TPSA) is 133 Å². The Morgan fingerprint density at radius 3 is 2.50 bits per heavy atom. The van der Waals surface area contributed by atoms with Gasteiger partial charge in [-0.1, -0.05) is 6.07 Å². The van der Waals surface area contributed by atoms with Gasteiger partial charge in [-0.2, -0.15) is 5.10 Å². The molecule has 0 unspecified atom stereocenters. The number of nitro benzene ring substituents is 1. The van der Waals surface area contributed by atoms with Crippen LogP contribution in [0.25, 0.3) is 0 Å². The second kappa shape index (κ2) is 9.21. The molecule has 1 amide bonds. The minimum Gasteiger partial charge on any atom is -0.502 e. The van der Waals surface area contributed by atoms with Crippen molar-refractivity contribution in [1.82, 2.24) is 5.43 Å². The number of rotatable bonds is 8. The smallest absolute Gasteiger partial charge is 0.315 e. The van der Waals surface area contributed by atoms with Crippen LogP contribution >= 0.6 is 0 Å².